The summed E-state index contributed by atoms with van der Waals surface area (Å²) in [7, 11) is 1.29. The molecule has 218 valence electrons. The maximum atomic E-state index is 12.7. The lowest BCUT2D eigenvalue weighted by molar-refractivity contribution is -0.134. The fourth-order valence-electron chi connectivity index (χ4n) is 3.23. The molecule has 0 unspecified atom stereocenters. The number of rotatable bonds is 15. The van der Waals surface area contributed by atoms with Crippen molar-refractivity contribution in [1.29, 1.82) is 0 Å². The first-order valence-corrected chi connectivity index (χ1v) is 13.3. The van der Waals surface area contributed by atoms with Crippen LogP contribution in [0.4, 0.5) is 0 Å². The van der Waals surface area contributed by atoms with E-state index in [1.807, 2.05) is 40.7 Å². The van der Waals surface area contributed by atoms with Gasteiger partial charge in [0.2, 0.25) is 11.8 Å². The van der Waals surface area contributed by atoms with Crippen molar-refractivity contribution in [2.75, 3.05) is 7.11 Å². The second kappa shape index (κ2) is 19.2. The second-order valence-electron chi connectivity index (χ2n) is 10.4. The normalized spacial score (nSPS) is 16.6. The first-order valence-electron chi connectivity index (χ1n) is 12.9. The van der Waals surface area contributed by atoms with Crippen LogP contribution in [0.3, 0.4) is 0 Å². The molecule has 0 aromatic carbocycles. The Balaban J connectivity index is 4.91. The standard InChI is InChI=1S/C30H45ClN2O6/c1-21(20-22(2)25(35)14-10-16-27(37)39-7)12-8-9-15-26(36)33-28(30(4,5)6)29(38)32-19-11-13-24(34)18-17-23(3)31/h8-12,15-17,19-20,22,24-25,28,34-35H,13-14,18H2,1-7H3,(H,32,38)(H,33,36)/b12-8-,15-9-,16-10+,19-11-,21-20+,23-17+/t22-,24+,25-,28+/m0/s1. The highest BCUT2D eigenvalue weighted by molar-refractivity contribution is 6.29. The Kier molecular flexibility index (Phi) is 17.7. The van der Waals surface area contributed by atoms with E-state index in [-0.39, 0.29) is 11.8 Å². The van der Waals surface area contributed by atoms with E-state index >= 15 is 0 Å². The third-order valence-electron chi connectivity index (χ3n) is 5.52. The molecule has 0 fully saturated rings. The minimum atomic E-state index is -0.785. The van der Waals surface area contributed by atoms with E-state index in [1.54, 1.807) is 43.4 Å². The second-order valence-corrected chi connectivity index (χ2v) is 10.9. The Labute approximate surface area is 238 Å². The van der Waals surface area contributed by atoms with E-state index in [1.165, 1.54) is 25.5 Å². The lowest BCUT2D eigenvalue weighted by Gasteiger charge is -2.29. The van der Waals surface area contributed by atoms with Crippen molar-refractivity contribution in [3.8, 4) is 0 Å². The van der Waals surface area contributed by atoms with E-state index in [0.717, 1.165) is 5.57 Å². The van der Waals surface area contributed by atoms with Crippen molar-refractivity contribution in [3.63, 3.8) is 0 Å². The van der Waals surface area contributed by atoms with Crippen molar-refractivity contribution in [2.45, 2.75) is 79.1 Å². The van der Waals surface area contributed by atoms with Crippen molar-refractivity contribution in [2.24, 2.45) is 11.3 Å². The Morgan fingerprint density at radius 1 is 0.974 bits per heavy atom. The number of aliphatic hydroxyl groups is 2. The maximum absolute atomic E-state index is 12.7. The summed E-state index contributed by atoms with van der Waals surface area (Å²) in [6.07, 6.45) is 15.8. The zero-order valence-corrected chi connectivity index (χ0v) is 24.9. The number of hydrogen-bond acceptors (Lipinski definition) is 6. The largest absolute Gasteiger partial charge is 0.466 e. The zero-order valence-electron chi connectivity index (χ0n) is 24.1. The topological polar surface area (TPSA) is 125 Å². The van der Waals surface area contributed by atoms with E-state index < -0.39 is 35.5 Å². The van der Waals surface area contributed by atoms with E-state index in [0.29, 0.717) is 24.3 Å². The number of hydrogen-bond donors (Lipinski definition) is 4. The van der Waals surface area contributed by atoms with Crippen LogP contribution in [0.5, 0.6) is 0 Å². The fourth-order valence-corrected chi connectivity index (χ4v) is 3.32. The summed E-state index contributed by atoms with van der Waals surface area (Å²) in [5, 5.41) is 26.2. The average Bonchev–Trinajstić information content (AvgIpc) is 2.85. The smallest absolute Gasteiger partial charge is 0.330 e. The molecule has 0 heterocycles. The molecule has 39 heavy (non-hydrogen) atoms. The first kappa shape index (κ1) is 36.1. The number of esters is 1. The van der Waals surface area contributed by atoms with Gasteiger partial charge in [-0.05, 0) is 44.7 Å². The number of carbonyl (C=O) groups excluding carboxylic acids is 3. The summed E-state index contributed by atoms with van der Waals surface area (Å²) >= 11 is 5.76. The molecule has 0 spiro atoms. The van der Waals surface area contributed by atoms with Gasteiger partial charge in [-0.1, -0.05) is 87.4 Å². The third-order valence-corrected chi connectivity index (χ3v) is 5.68. The van der Waals surface area contributed by atoms with Gasteiger partial charge in [0.25, 0.3) is 0 Å². The molecule has 0 aliphatic rings. The number of nitrogens with one attached hydrogen (secondary N) is 2. The highest BCUT2D eigenvalue weighted by atomic mass is 35.5. The Hall–Kier alpha value is -2.94. The number of ether oxygens (including phenoxy) is 1. The maximum Gasteiger partial charge on any atom is 0.330 e. The van der Waals surface area contributed by atoms with Gasteiger partial charge in [0.1, 0.15) is 6.04 Å². The molecule has 0 aliphatic heterocycles. The molecule has 4 atom stereocenters. The zero-order chi connectivity index (χ0) is 30.0. The van der Waals surface area contributed by atoms with E-state index in [4.69, 9.17) is 11.6 Å². The molecule has 9 heteroatoms. The van der Waals surface area contributed by atoms with Crippen LogP contribution in [-0.4, -0.2) is 53.4 Å². The van der Waals surface area contributed by atoms with Crippen molar-refractivity contribution < 1.29 is 29.3 Å². The van der Waals surface area contributed by atoms with Gasteiger partial charge in [0.05, 0.1) is 19.3 Å². The molecular weight excluding hydrogens is 520 g/mol. The van der Waals surface area contributed by atoms with Gasteiger partial charge in [-0.2, -0.15) is 0 Å². The summed E-state index contributed by atoms with van der Waals surface area (Å²) in [6.45, 7) is 11.0. The number of methoxy groups -OCH3 is 1. The first-order chi connectivity index (χ1) is 18.2. The third kappa shape index (κ3) is 18.1. The summed E-state index contributed by atoms with van der Waals surface area (Å²) in [5.41, 5.74) is 0.350. The van der Waals surface area contributed by atoms with E-state index in [9.17, 15) is 24.6 Å². The van der Waals surface area contributed by atoms with Gasteiger partial charge < -0.3 is 25.6 Å². The summed E-state index contributed by atoms with van der Waals surface area (Å²) in [5.74, 6) is -1.40. The fraction of sp³-hybridized carbons (Fsp3) is 0.500. The number of amides is 2. The predicted molar refractivity (Wildman–Crippen MR) is 156 cm³/mol. The van der Waals surface area contributed by atoms with Crippen LogP contribution >= 0.6 is 11.6 Å². The Morgan fingerprint density at radius 3 is 2.21 bits per heavy atom. The lowest BCUT2D eigenvalue weighted by Crippen LogP contribution is -2.52. The molecule has 4 N–H and O–H groups in total. The molecule has 2 amide bonds. The quantitative estimate of drug-likeness (QED) is 0.131. The Bertz CT molecular complexity index is 968. The molecule has 0 aromatic rings. The van der Waals surface area contributed by atoms with Crippen LogP contribution in [0, 0.1) is 11.3 Å². The van der Waals surface area contributed by atoms with Gasteiger partial charge >= 0.3 is 5.97 Å². The lowest BCUT2D eigenvalue weighted by atomic mass is 9.86. The molecule has 0 rings (SSSR count). The predicted octanol–water partition coefficient (Wildman–Crippen LogP) is 4.61. The van der Waals surface area contributed by atoms with Gasteiger partial charge in [0, 0.05) is 23.1 Å². The summed E-state index contributed by atoms with van der Waals surface area (Å²) < 4.78 is 4.52. The molecule has 0 aliphatic carbocycles. The molecule has 0 saturated heterocycles. The summed E-state index contributed by atoms with van der Waals surface area (Å²) in [6, 6.07) is -0.785. The van der Waals surface area contributed by atoms with Crippen molar-refractivity contribution in [1.82, 2.24) is 10.6 Å². The van der Waals surface area contributed by atoms with Crippen molar-refractivity contribution in [3.05, 3.63) is 71.5 Å². The number of carbonyl (C=O) groups is 3. The SMILES string of the molecule is COC(=O)/C=C/C[C@H](O)[C@@H](C)/C=C(C)/C=C\C=C/C(=O)N[C@H](C(=O)N/C=C\C[C@@H](O)C/C=C(\C)Cl)C(C)(C)C. The van der Waals surface area contributed by atoms with Crippen LogP contribution in [0.25, 0.3) is 0 Å². The van der Waals surface area contributed by atoms with Crippen LogP contribution in [0.2, 0.25) is 0 Å². The van der Waals surface area contributed by atoms with Gasteiger partial charge in [-0.15, -0.1) is 0 Å². The molecule has 0 saturated carbocycles. The minimum Gasteiger partial charge on any atom is -0.466 e. The van der Waals surface area contributed by atoms with Crippen molar-refractivity contribution >= 4 is 29.4 Å². The van der Waals surface area contributed by atoms with Gasteiger partial charge in [-0.3, -0.25) is 9.59 Å². The van der Waals surface area contributed by atoms with Crippen LogP contribution < -0.4 is 10.6 Å². The molecule has 0 radical (unpaired) electrons. The monoisotopic (exact) mass is 564 g/mol. The average molecular weight is 565 g/mol. The van der Waals surface area contributed by atoms with Crippen LogP contribution in [0.1, 0.15) is 60.8 Å². The highest BCUT2D eigenvalue weighted by Gasteiger charge is 2.31. The van der Waals surface area contributed by atoms with Gasteiger partial charge in [0.15, 0.2) is 0 Å². The van der Waals surface area contributed by atoms with E-state index in [2.05, 4.69) is 15.4 Å². The Morgan fingerprint density at radius 2 is 1.62 bits per heavy atom. The van der Waals surface area contributed by atoms with Crippen LogP contribution in [0.15, 0.2) is 71.5 Å². The molecule has 8 nitrogen and oxygen atoms in total. The van der Waals surface area contributed by atoms with Gasteiger partial charge in [-0.25, -0.2) is 4.79 Å². The summed E-state index contributed by atoms with van der Waals surface area (Å²) in [4.78, 5) is 36.3. The minimum absolute atomic E-state index is 0.153. The number of halogens is 1. The van der Waals surface area contributed by atoms with Crippen LogP contribution in [-0.2, 0) is 19.1 Å². The highest BCUT2D eigenvalue weighted by Crippen LogP contribution is 2.19. The molecular formula is C30H45ClN2O6. The molecule has 0 bridgehead atoms. The number of aliphatic hydroxyl groups excluding tert-OH is 2. The molecule has 0 aromatic heterocycles. The number of allylic oxidation sites excluding steroid dienone is 5.